The molecule has 100 valence electrons. The van der Waals surface area contributed by atoms with E-state index in [4.69, 9.17) is 9.47 Å². The summed E-state index contributed by atoms with van der Waals surface area (Å²) in [5.41, 5.74) is 1.24. The van der Waals surface area contributed by atoms with Crippen molar-refractivity contribution < 1.29 is 9.47 Å². The first kappa shape index (κ1) is 13.4. The molecule has 1 fully saturated rings. The largest absolute Gasteiger partial charge is 0.493 e. The zero-order valence-electron chi connectivity index (χ0n) is 11.2. The van der Waals surface area contributed by atoms with E-state index >= 15 is 0 Å². The molecule has 1 N–H and O–H groups in total. The third kappa shape index (κ3) is 4.00. The Hall–Kier alpha value is -1.06. The van der Waals surface area contributed by atoms with Gasteiger partial charge < -0.3 is 14.8 Å². The lowest BCUT2D eigenvalue weighted by atomic mass is 10.0. The van der Waals surface area contributed by atoms with Gasteiger partial charge in [-0.05, 0) is 31.4 Å². The summed E-state index contributed by atoms with van der Waals surface area (Å²) in [7, 11) is 0. The Balaban J connectivity index is 1.87. The van der Waals surface area contributed by atoms with Crippen molar-refractivity contribution >= 4 is 0 Å². The zero-order valence-corrected chi connectivity index (χ0v) is 11.2. The molecule has 0 aromatic heterocycles. The summed E-state index contributed by atoms with van der Waals surface area (Å²) in [6, 6.07) is 8.29. The molecule has 1 aromatic carbocycles. The average Bonchev–Trinajstić information content (AvgIpc) is 2.45. The van der Waals surface area contributed by atoms with Crippen molar-refractivity contribution in [1.82, 2.24) is 5.32 Å². The Morgan fingerprint density at radius 1 is 1.28 bits per heavy atom. The molecule has 3 heteroatoms. The summed E-state index contributed by atoms with van der Waals surface area (Å²) in [5, 5.41) is 3.34. The summed E-state index contributed by atoms with van der Waals surface area (Å²) in [4.78, 5) is 0. The van der Waals surface area contributed by atoms with E-state index in [2.05, 4.69) is 30.4 Å². The van der Waals surface area contributed by atoms with Gasteiger partial charge in [-0.25, -0.2) is 0 Å². The van der Waals surface area contributed by atoms with Crippen LogP contribution in [-0.2, 0) is 11.3 Å². The standard InChI is InChI=1S/C15H23NO2/c1-2-16-11-14-5-3-4-6-15(14)18-12-13-7-9-17-10-8-13/h3-6,13,16H,2,7-12H2,1H3. The predicted molar refractivity (Wildman–Crippen MR) is 72.9 cm³/mol. The molecule has 2 rings (SSSR count). The molecule has 1 aliphatic heterocycles. The van der Waals surface area contributed by atoms with Gasteiger partial charge in [0.05, 0.1) is 6.61 Å². The zero-order chi connectivity index (χ0) is 12.6. The fraction of sp³-hybridized carbons (Fsp3) is 0.600. The number of rotatable bonds is 6. The van der Waals surface area contributed by atoms with Crippen molar-refractivity contribution in [3.05, 3.63) is 29.8 Å². The molecule has 1 saturated heterocycles. The van der Waals surface area contributed by atoms with Crippen LogP contribution in [0.3, 0.4) is 0 Å². The molecule has 0 aliphatic carbocycles. The Morgan fingerprint density at radius 2 is 2.06 bits per heavy atom. The van der Waals surface area contributed by atoms with Crippen molar-refractivity contribution in [2.24, 2.45) is 5.92 Å². The molecule has 0 atom stereocenters. The maximum atomic E-state index is 5.98. The summed E-state index contributed by atoms with van der Waals surface area (Å²) in [5.74, 6) is 1.66. The maximum Gasteiger partial charge on any atom is 0.123 e. The number of nitrogens with one attached hydrogen (secondary N) is 1. The van der Waals surface area contributed by atoms with Crippen molar-refractivity contribution in [2.45, 2.75) is 26.3 Å². The van der Waals surface area contributed by atoms with Crippen LogP contribution < -0.4 is 10.1 Å². The second kappa shape index (κ2) is 7.39. The molecule has 18 heavy (non-hydrogen) atoms. The molecular weight excluding hydrogens is 226 g/mol. The fourth-order valence-corrected chi connectivity index (χ4v) is 2.17. The molecule has 0 saturated carbocycles. The van der Waals surface area contributed by atoms with Crippen LogP contribution in [0.15, 0.2) is 24.3 Å². The molecule has 0 radical (unpaired) electrons. The normalized spacial score (nSPS) is 16.7. The summed E-state index contributed by atoms with van der Waals surface area (Å²) >= 11 is 0. The van der Waals surface area contributed by atoms with Crippen LogP contribution in [0.5, 0.6) is 5.75 Å². The van der Waals surface area contributed by atoms with E-state index in [1.807, 2.05) is 6.07 Å². The topological polar surface area (TPSA) is 30.5 Å². The molecule has 0 unspecified atom stereocenters. The Morgan fingerprint density at radius 3 is 2.83 bits per heavy atom. The number of benzene rings is 1. The lowest BCUT2D eigenvalue weighted by Crippen LogP contribution is -2.22. The molecule has 1 heterocycles. The molecular formula is C15H23NO2. The number of ether oxygens (including phenoxy) is 2. The number of hydrogen-bond acceptors (Lipinski definition) is 3. The van der Waals surface area contributed by atoms with Crippen molar-refractivity contribution in [1.29, 1.82) is 0 Å². The van der Waals surface area contributed by atoms with E-state index in [9.17, 15) is 0 Å². The second-order valence-corrected chi connectivity index (χ2v) is 4.75. The number of hydrogen-bond donors (Lipinski definition) is 1. The highest BCUT2D eigenvalue weighted by molar-refractivity contribution is 5.33. The molecule has 0 amide bonds. The minimum atomic E-state index is 0.644. The van der Waals surface area contributed by atoms with Gasteiger partial charge in [-0.3, -0.25) is 0 Å². The van der Waals surface area contributed by atoms with E-state index in [1.54, 1.807) is 0 Å². The fourth-order valence-electron chi connectivity index (χ4n) is 2.17. The monoisotopic (exact) mass is 249 g/mol. The van der Waals surface area contributed by atoms with Crippen molar-refractivity contribution in [2.75, 3.05) is 26.4 Å². The van der Waals surface area contributed by atoms with E-state index in [-0.39, 0.29) is 0 Å². The van der Waals surface area contributed by atoms with Crippen LogP contribution in [-0.4, -0.2) is 26.4 Å². The summed E-state index contributed by atoms with van der Waals surface area (Å²) < 4.78 is 11.3. The van der Waals surface area contributed by atoms with Gasteiger partial charge in [-0.2, -0.15) is 0 Å². The third-order valence-electron chi connectivity index (χ3n) is 3.35. The van der Waals surface area contributed by atoms with Crippen molar-refractivity contribution in [3.63, 3.8) is 0 Å². The number of para-hydroxylation sites is 1. The first-order chi connectivity index (χ1) is 8.90. The third-order valence-corrected chi connectivity index (χ3v) is 3.35. The predicted octanol–water partition coefficient (Wildman–Crippen LogP) is 2.60. The van der Waals surface area contributed by atoms with Gasteiger partial charge in [-0.1, -0.05) is 25.1 Å². The Kier molecular flexibility index (Phi) is 5.49. The first-order valence-electron chi connectivity index (χ1n) is 6.89. The maximum absolute atomic E-state index is 5.98. The van der Waals surface area contributed by atoms with Crippen LogP contribution in [0.25, 0.3) is 0 Å². The molecule has 3 nitrogen and oxygen atoms in total. The molecule has 0 spiro atoms. The Labute approximate surface area is 109 Å². The van der Waals surface area contributed by atoms with E-state index in [0.29, 0.717) is 5.92 Å². The van der Waals surface area contributed by atoms with Gasteiger partial charge in [0.25, 0.3) is 0 Å². The van der Waals surface area contributed by atoms with E-state index < -0.39 is 0 Å². The van der Waals surface area contributed by atoms with Gasteiger partial charge in [0.15, 0.2) is 0 Å². The van der Waals surface area contributed by atoms with Crippen molar-refractivity contribution in [3.8, 4) is 5.75 Å². The van der Waals surface area contributed by atoms with Gasteiger partial charge in [0.2, 0.25) is 0 Å². The van der Waals surface area contributed by atoms with Gasteiger partial charge in [-0.15, -0.1) is 0 Å². The van der Waals surface area contributed by atoms with Gasteiger partial charge >= 0.3 is 0 Å². The van der Waals surface area contributed by atoms with E-state index in [0.717, 1.165) is 51.5 Å². The van der Waals surface area contributed by atoms with Crippen LogP contribution in [0.1, 0.15) is 25.3 Å². The van der Waals surface area contributed by atoms with Gasteiger partial charge in [0, 0.05) is 25.3 Å². The lowest BCUT2D eigenvalue weighted by Gasteiger charge is -2.22. The summed E-state index contributed by atoms with van der Waals surface area (Å²) in [6.07, 6.45) is 2.24. The second-order valence-electron chi connectivity index (χ2n) is 4.75. The minimum Gasteiger partial charge on any atom is -0.493 e. The summed E-state index contributed by atoms with van der Waals surface area (Å²) in [6.45, 7) is 6.55. The molecule has 0 bridgehead atoms. The molecule has 1 aliphatic rings. The van der Waals surface area contributed by atoms with Crippen LogP contribution >= 0.6 is 0 Å². The molecule has 1 aromatic rings. The highest BCUT2D eigenvalue weighted by Gasteiger charge is 2.14. The van der Waals surface area contributed by atoms with Gasteiger partial charge in [0.1, 0.15) is 5.75 Å². The SMILES string of the molecule is CCNCc1ccccc1OCC1CCOCC1. The quantitative estimate of drug-likeness (QED) is 0.840. The average molecular weight is 249 g/mol. The van der Waals surface area contributed by atoms with E-state index in [1.165, 1.54) is 5.56 Å². The highest BCUT2D eigenvalue weighted by Crippen LogP contribution is 2.21. The first-order valence-corrected chi connectivity index (χ1v) is 6.89. The smallest absolute Gasteiger partial charge is 0.123 e. The highest BCUT2D eigenvalue weighted by atomic mass is 16.5. The van der Waals surface area contributed by atoms with Crippen LogP contribution in [0.4, 0.5) is 0 Å². The minimum absolute atomic E-state index is 0.644. The lowest BCUT2D eigenvalue weighted by molar-refractivity contribution is 0.0496. The Bertz CT molecular complexity index is 348. The van der Waals surface area contributed by atoms with Crippen LogP contribution in [0.2, 0.25) is 0 Å². The van der Waals surface area contributed by atoms with Crippen LogP contribution in [0, 0.1) is 5.92 Å².